The van der Waals surface area contributed by atoms with Gasteiger partial charge in [-0.2, -0.15) is 0 Å². The number of aromatic amines is 1. The van der Waals surface area contributed by atoms with E-state index in [1.165, 1.54) is 4.57 Å². The summed E-state index contributed by atoms with van der Waals surface area (Å²) >= 11 is 0. The summed E-state index contributed by atoms with van der Waals surface area (Å²) in [7, 11) is 0. The quantitative estimate of drug-likeness (QED) is 0.322. The number of hydrogen-bond donors (Lipinski definition) is 3. The normalized spacial score (nSPS) is 15.2. The number of imidazole rings is 1. The predicted molar refractivity (Wildman–Crippen MR) is 153 cm³/mol. The average Bonchev–Trinajstić information content (AvgIpc) is 3.31. The van der Waals surface area contributed by atoms with Gasteiger partial charge >= 0.3 is 5.69 Å². The third-order valence-corrected chi connectivity index (χ3v) is 6.98. The van der Waals surface area contributed by atoms with Crippen molar-refractivity contribution in [1.29, 1.82) is 0 Å². The lowest BCUT2D eigenvalue weighted by molar-refractivity contribution is -0.116. The topological polar surface area (TPSA) is 99.2 Å². The molecule has 39 heavy (non-hydrogen) atoms. The lowest BCUT2D eigenvalue weighted by atomic mass is 10.0. The summed E-state index contributed by atoms with van der Waals surface area (Å²) in [4.78, 5) is 45.0. The minimum Gasteiger partial charge on any atom is -0.331 e. The number of benzene rings is 3. The number of piperazine rings is 1. The van der Waals surface area contributed by atoms with Crippen LogP contribution < -0.4 is 16.3 Å². The number of carbonyl (C=O) groups is 2. The monoisotopic (exact) mass is 523 g/mol. The fraction of sp³-hybridized carbons (Fsp3) is 0.258. The van der Waals surface area contributed by atoms with Crippen LogP contribution in [0.1, 0.15) is 35.8 Å². The van der Waals surface area contributed by atoms with Crippen molar-refractivity contribution in [3.63, 3.8) is 0 Å². The van der Waals surface area contributed by atoms with Crippen LogP contribution in [0.3, 0.4) is 0 Å². The van der Waals surface area contributed by atoms with Crippen molar-refractivity contribution in [2.24, 2.45) is 0 Å². The highest BCUT2D eigenvalue weighted by Gasteiger charge is 2.32. The Morgan fingerprint density at radius 1 is 0.949 bits per heavy atom. The molecule has 3 N–H and O–H groups in total. The molecule has 3 aromatic carbocycles. The first-order valence-electron chi connectivity index (χ1n) is 13.4. The Labute approximate surface area is 227 Å². The van der Waals surface area contributed by atoms with Gasteiger partial charge in [0, 0.05) is 37.7 Å². The summed E-state index contributed by atoms with van der Waals surface area (Å²) < 4.78 is 1.50. The molecule has 0 spiro atoms. The second kappa shape index (κ2) is 12.0. The number of hydrogen-bond acceptors (Lipinski definition) is 4. The van der Waals surface area contributed by atoms with E-state index < -0.39 is 5.69 Å². The van der Waals surface area contributed by atoms with Crippen LogP contribution >= 0.6 is 0 Å². The van der Waals surface area contributed by atoms with E-state index in [1.807, 2.05) is 72.5 Å². The summed E-state index contributed by atoms with van der Waals surface area (Å²) in [5.41, 5.74) is 3.16. The SMILES string of the molecule is CCCC(=O)Nc1ccccc1-n1c(-c2ccccc2)c(C(=O)N2CCNCC2Cc2ccccc2)[nH]c1=O. The molecule has 8 heteroatoms. The maximum atomic E-state index is 14.2. The van der Waals surface area contributed by atoms with Crippen LogP contribution in [0.15, 0.2) is 89.7 Å². The van der Waals surface area contributed by atoms with Crippen LogP contribution in [0.4, 0.5) is 5.69 Å². The average molecular weight is 524 g/mol. The largest absolute Gasteiger partial charge is 0.331 e. The van der Waals surface area contributed by atoms with E-state index in [2.05, 4.69) is 27.8 Å². The van der Waals surface area contributed by atoms with Crippen molar-refractivity contribution in [2.75, 3.05) is 25.0 Å². The molecule has 1 unspecified atom stereocenters. The molecule has 0 radical (unpaired) electrons. The van der Waals surface area contributed by atoms with E-state index in [9.17, 15) is 14.4 Å². The Balaban J connectivity index is 1.60. The number of para-hydroxylation sites is 2. The summed E-state index contributed by atoms with van der Waals surface area (Å²) in [6, 6.07) is 26.6. The van der Waals surface area contributed by atoms with Crippen LogP contribution in [0.25, 0.3) is 16.9 Å². The van der Waals surface area contributed by atoms with E-state index in [-0.39, 0.29) is 23.6 Å². The molecule has 1 aliphatic rings. The van der Waals surface area contributed by atoms with Gasteiger partial charge in [0.25, 0.3) is 5.91 Å². The van der Waals surface area contributed by atoms with Crippen LogP contribution in [0.5, 0.6) is 0 Å². The van der Waals surface area contributed by atoms with Gasteiger partial charge < -0.3 is 20.5 Å². The fourth-order valence-electron chi connectivity index (χ4n) is 5.14. The van der Waals surface area contributed by atoms with Crippen LogP contribution in [0.2, 0.25) is 0 Å². The van der Waals surface area contributed by atoms with Crippen molar-refractivity contribution in [3.8, 4) is 16.9 Å². The fourth-order valence-corrected chi connectivity index (χ4v) is 5.14. The molecule has 4 aromatic rings. The van der Waals surface area contributed by atoms with Crippen molar-refractivity contribution >= 4 is 17.5 Å². The van der Waals surface area contributed by atoms with Gasteiger partial charge in [-0.15, -0.1) is 0 Å². The summed E-state index contributed by atoms with van der Waals surface area (Å²) in [5.74, 6) is -0.352. The summed E-state index contributed by atoms with van der Waals surface area (Å²) in [6.07, 6.45) is 1.79. The van der Waals surface area contributed by atoms with Crippen molar-refractivity contribution in [2.45, 2.75) is 32.2 Å². The zero-order chi connectivity index (χ0) is 27.2. The molecule has 8 nitrogen and oxygen atoms in total. The molecule has 0 aliphatic carbocycles. The lowest BCUT2D eigenvalue weighted by Crippen LogP contribution is -2.54. The molecule has 2 amide bonds. The van der Waals surface area contributed by atoms with E-state index in [0.29, 0.717) is 56.0 Å². The zero-order valence-electron chi connectivity index (χ0n) is 22.0. The minimum absolute atomic E-state index is 0.0651. The number of anilines is 1. The standard InChI is InChI=1S/C31H33N5O3/c1-2-11-27(37)33-25-16-9-10-17-26(25)36-29(23-14-7-4-8-15-23)28(34-31(36)39)30(38)35-19-18-32-21-24(35)20-22-12-5-3-6-13-22/h3-10,12-17,24,32H,2,11,18-21H2,1H3,(H,33,37)(H,34,39). The molecule has 1 atom stereocenters. The third-order valence-electron chi connectivity index (χ3n) is 6.98. The van der Waals surface area contributed by atoms with E-state index in [0.717, 1.165) is 11.1 Å². The van der Waals surface area contributed by atoms with Gasteiger partial charge in [-0.05, 0) is 30.5 Å². The highest BCUT2D eigenvalue weighted by molar-refractivity contribution is 5.99. The van der Waals surface area contributed by atoms with Crippen LogP contribution in [-0.2, 0) is 11.2 Å². The number of H-pyrrole nitrogens is 1. The lowest BCUT2D eigenvalue weighted by Gasteiger charge is -2.36. The molecular formula is C31H33N5O3. The third kappa shape index (κ3) is 5.71. The molecular weight excluding hydrogens is 490 g/mol. The zero-order valence-corrected chi connectivity index (χ0v) is 22.0. The Hall–Kier alpha value is -4.43. The van der Waals surface area contributed by atoms with Gasteiger partial charge in [-0.3, -0.25) is 14.2 Å². The van der Waals surface area contributed by atoms with Crippen LogP contribution in [-0.4, -0.2) is 51.9 Å². The summed E-state index contributed by atoms with van der Waals surface area (Å²) in [6.45, 7) is 3.81. The highest BCUT2D eigenvalue weighted by Crippen LogP contribution is 2.30. The Bertz CT molecular complexity index is 1490. The van der Waals surface area contributed by atoms with Gasteiger partial charge in [-0.1, -0.05) is 79.7 Å². The smallest absolute Gasteiger partial charge is 0.331 e. The molecule has 1 saturated heterocycles. The Kier molecular flexibility index (Phi) is 8.03. The van der Waals surface area contributed by atoms with E-state index in [1.54, 1.807) is 12.1 Å². The van der Waals surface area contributed by atoms with Gasteiger partial charge in [0.15, 0.2) is 0 Å². The first-order chi connectivity index (χ1) is 19.1. The first-order valence-corrected chi connectivity index (χ1v) is 13.4. The first kappa shape index (κ1) is 26.2. The van der Waals surface area contributed by atoms with Gasteiger partial charge in [0.2, 0.25) is 5.91 Å². The Morgan fingerprint density at radius 2 is 1.64 bits per heavy atom. The number of nitrogens with one attached hydrogen (secondary N) is 3. The van der Waals surface area contributed by atoms with Crippen LogP contribution in [0, 0.1) is 0 Å². The predicted octanol–water partition coefficient (Wildman–Crippen LogP) is 4.23. The van der Waals surface area contributed by atoms with Crippen molar-refractivity contribution < 1.29 is 9.59 Å². The van der Waals surface area contributed by atoms with Crippen molar-refractivity contribution in [1.82, 2.24) is 19.8 Å². The van der Waals surface area contributed by atoms with E-state index in [4.69, 9.17) is 0 Å². The highest BCUT2D eigenvalue weighted by atomic mass is 16.2. The number of carbonyl (C=O) groups excluding carboxylic acids is 2. The second-order valence-corrected chi connectivity index (χ2v) is 9.72. The van der Waals surface area contributed by atoms with Gasteiger partial charge in [0.05, 0.1) is 17.1 Å². The van der Waals surface area contributed by atoms with Gasteiger partial charge in [0.1, 0.15) is 5.69 Å². The number of amides is 2. The van der Waals surface area contributed by atoms with Crippen molar-refractivity contribution in [3.05, 3.63) is 107 Å². The molecule has 1 aromatic heterocycles. The minimum atomic E-state index is -0.441. The van der Waals surface area contributed by atoms with E-state index >= 15 is 0 Å². The maximum Gasteiger partial charge on any atom is 0.331 e. The molecule has 1 aliphatic heterocycles. The molecule has 0 saturated carbocycles. The number of aromatic nitrogens is 2. The summed E-state index contributed by atoms with van der Waals surface area (Å²) in [5, 5.41) is 6.34. The maximum absolute atomic E-state index is 14.2. The number of rotatable bonds is 8. The molecule has 0 bridgehead atoms. The Morgan fingerprint density at radius 3 is 2.38 bits per heavy atom. The van der Waals surface area contributed by atoms with Gasteiger partial charge in [-0.25, -0.2) is 4.79 Å². The number of nitrogens with zero attached hydrogens (tertiary/aromatic N) is 2. The molecule has 5 rings (SSSR count). The second-order valence-electron chi connectivity index (χ2n) is 9.72. The molecule has 1 fully saturated rings. The molecule has 200 valence electrons. The molecule has 2 heterocycles.